The number of aryl methyl sites for hydroxylation is 2. The number of benzene rings is 2. The minimum absolute atomic E-state index is 0.0327. The number of carbonyl (C=O) groups is 1. The number of amidine groups is 2. The van der Waals surface area contributed by atoms with Gasteiger partial charge in [0.15, 0.2) is 5.84 Å². The monoisotopic (exact) mass is 462 g/mol. The van der Waals surface area contributed by atoms with Gasteiger partial charge in [0.2, 0.25) is 5.17 Å². The van der Waals surface area contributed by atoms with Crippen LogP contribution in [-0.4, -0.2) is 40.2 Å². The summed E-state index contributed by atoms with van der Waals surface area (Å²) in [7, 11) is 0. The van der Waals surface area contributed by atoms with Crippen molar-refractivity contribution in [3.63, 3.8) is 0 Å². The molecule has 1 N–H and O–H groups in total. The predicted octanol–water partition coefficient (Wildman–Crippen LogP) is 5.04. The van der Waals surface area contributed by atoms with E-state index in [2.05, 4.69) is 36.1 Å². The van der Waals surface area contributed by atoms with Crippen LogP contribution in [0.4, 0.5) is 0 Å². The van der Waals surface area contributed by atoms with Crippen molar-refractivity contribution in [1.82, 2.24) is 5.01 Å². The minimum Gasteiger partial charge on any atom is -0.490 e. The van der Waals surface area contributed by atoms with Crippen LogP contribution in [0.5, 0.6) is 11.5 Å². The number of nitrogens with zero attached hydrogens (tertiary/aromatic N) is 3. The van der Waals surface area contributed by atoms with Gasteiger partial charge in [-0.3, -0.25) is 10.2 Å². The third kappa shape index (κ3) is 5.34. The highest BCUT2D eigenvalue weighted by molar-refractivity contribution is 8.26. The first-order valence-electron chi connectivity index (χ1n) is 10.9. The van der Waals surface area contributed by atoms with Crippen LogP contribution in [0.15, 0.2) is 58.1 Å². The summed E-state index contributed by atoms with van der Waals surface area (Å²) in [4.78, 5) is 16.6. The molecule has 4 rings (SSSR count). The van der Waals surface area contributed by atoms with Gasteiger partial charge in [-0.05, 0) is 78.6 Å². The molecule has 2 aromatic carbocycles. The summed E-state index contributed by atoms with van der Waals surface area (Å²) < 4.78 is 11.7. The summed E-state index contributed by atoms with van der Waals surface area (Å²) in [5, 5.41) is 15.5. The normalized spacial score (nSPS) is 16.6. The number of hydrogen-bond donors (Lipinski definition) is 1. The second kappa shape index (κ2) is 10.0. The van der Waals surface area contributed by atoms with Gasteiger partial charge >= 0.3 is 0 Å². The molecule has 2 aliphatic rings. The smallest absolute Gasteiger partial charge is 0.283 e. The van der Waals surface area contributed by atoms with Crippen molar-refractivity contribution in [2.24, 2.45) is 10.1 Å². The molecule has 0 aromatic heterocycles. The Kier molecular flexibility index (Phi) is 6.93. The molecular weight excluding hydrogens is 436 g/mol. The number of thioether (sulfide) groups is 1. The molecule has 0 saturated carbocycles. The third-order valence-electron chi connectivity index (χ3n) is 5.11. The van der Waals surface area contributed by atoms with E-state index in [0.717, 1.165) is 29.2 Å². The van der Waals surface area contributed by atoms with Crippen molar-refractivity contribution < 1.29 is 14.3 Å². The van der Waals surface area contributed by atoms with Gasteiger partial charge in [-0.25, -0.2) is 0 Å². The van der Waals surface area contributed by atoms with Crippen LogP contribution in [0, 0.1) is 12.3 Å². The van der Waals surface area contributed by atoms with Gasteiger partial charge in [0.25, 0.3) is 5.91 Å². The number of amides is 1. The Bertz CT molecular complexity index is 1190. The van der Waals surface area contributed by atoms with Crippen molar-refractivity contribution in [3.05, 3.63) is 64.7 Å². The highest BCUT2D eigenvalue weighted by Gasteiger charge is 2.35. The molecule has 2 aromatic rings. The van der Waals surface area contributed by atoms with Crippen LogP contribution in [-0.2, 0) is 11.2 Å². The van der Waals surface area contributed by atoms with E-state index >= 15 is 0 Å². The zero-order valence-corrected chi connectivity index (χ0v) is 19.7. The van der Waals surface area contributed by atoms with Crippen LogP contribution >= 0.6 is 11.8 Å². The molecule has 2 aliphatic heterocycles. The van der Waals surface area contributed by atoms with Crippen LogP contribution < -0.4 is 9.47 Å². The maximum absolute atomic E-state index is 12.5. The summed E-state index contributed by atoms with van der Waals surface area (Å²) >= 11 is 1.33. The zero-order valence-electron chi connectivity index (χ0n) is 18.9. The Morgan fingerprint density at radius 1 is 1.06 bits per heavy atom. The van der Waals surface area contributed by atoms with E-state index in [4.69, 9.17) is 14.9 Å². The fraction of sp³-hybridized carbons (Fsp3) is 0.280. The molecule has 1 amide bonds. The average molecular weight is 463 g/mol. The highest BCUT2D eigenvalue weighted by Crippen LogP contribution is 2.29. The molecule has 33 heavy (non-hydrogen) atoms. The molecule has 0 radical (unpaired) electrons. The zero-order chi connectivity index (χ0) is 23.4. The van der Waals surface area contributed by atoms with E-state index in [1.165, 1.54) is 27.9 Å². The van der Waals surface area contributed by atoms with Crippen LogP contribution in [0.1, 0.15) is 37.0 Å². The molecule has 0 atom stereocenters. The van der Waals surface area contributed by atoms with Crippen LogP contribution in [0.25, 0.3) is 6.08 Å². The quantitative estimate of drug-likeness (QED) is 0.438. The number of rotatable bonds is 8. The van der Waals surface area contributed by atoms with Crippen molar-refractivity contribution >= 4 is 39.8 Å². The minimum atomic E-state index is -0.435. The standard InChI is InChI=1S/C25H26N4O3S/c1-4-17-11-16(3)12-20(13-17)32-10-9-31-19-8-6-7-18(14-19)15-21-23(26)29-25(27-24(21)30)33-22(5-2)28-29/h6-8,11-15,26H,4-5,9-10H2,1-3H3/b21-15-,26-23?. The van der Waals surface area contributed by atoms with Crippen molar-refractivity contribution in [3.8, 4) is 11.5 Å². The lowest BCUT2D eigenvalue weighted by Crippen LogP contribution is -2.35. The van der Waals surface area contributed by atoms with Gasteiger partial charge < -0.3 is 9.47 Å². The molecule has 0 spiro atoms. The summed E-state index contributed by atoms with van der Waals surface area (Å²) in [6.45, 7) is 6.97. The topological polar surface area (TPSA) is 87.3 Å². The number of hydrazone groups is 1. The predicted molar refractivity (Wildman–Crippen MR) is 133 cm³/mol. The first-order valence-corrected chi connectivity index (χ1v) is 11.7. The van der Waals surface area contributed by atoms with E-state index in [1.54, 1.807) is 6.08 Å². The van der Waals surface area contributed by atoms with E-state index in [0.29, 0.717) is 24.1 Å². The van der Waals surface area contributed by atoms with Crippen molar-refractivity contribution in [1.29, 1.82) is 5.41 Å². The molecule has 0 bridgehead atoms. The summed E-state index contributed by atoms with van der Waals surface area (Å²) in [6.07, 6.45) is 3.34. The van der Waals surface area contributed by atoms with Gasteiger partial charge in [-0.15, -0.1) is 0 Å². The van der Waals surface area contributed by atoms with E-state index in [9.17, 15) is 4.79 Å². The Morgan fingerprint density at radius 3 is 2.61 bits per heavy atom. The van der Waals surface area contributed by atoms with Crippen LogP contribution in [0.3, 0.4) is 0 Å². The number of fused-ring (bicyclic) bond motifs is 1. The Morgan fingerprint density at radius 2 is 1.85 bits per heavy atom. The van der Waals surface area contributed by atoms with E-state index in [1.807, 2.05) is 37.3 Å². The fourth-order valence-electron chi connectivity index (χ4n) is 3.47. The first-order chi connectivity index (χ1) is 16.0. The SMILES string of the molecule is CCC1=NN2C(=N)/C(=C/c3cccc(OCCOc4cc(C)cc(CC)c4)c3)C(=O)N=C2S1. The Labute approximate surface area is 197 Å². The summed E-state index contributed by atoms with van der Waals surface area (Å²) in [6, 6.07) is 13.6. The molecule has 2 heterocycles. The molecular formula is C25H26N4O3S. The van der Waals surface area contributed by atoms with E-state index < -0.39 is 5.91 Å². The highest BCUT2D eigenvalue weighted by atomic mass is 32.2. The summed E-state index contributed by atoms with van der Waals surface area (Å²) in [5.74, 6) is 1.10. The van der Waals surface area contributed by atoms with Crippen molar-refractivity contribution in [2.75, 3.05) is 13.2 Å². The summed E-state index contributed by atoms with van der Waals surface area (Å²) in [5.41, 5.74) is 3.37. The lowest BCUT2D eigenvalue weighted by Gasteiger charge is -2.20. The van der Waals surface area contributed by atoms with Gasteiger partial charge in [-0.1, -0.05) is 32.0 Å². The van der Waals surface area contributed by atoms with Crippen LogP contribution in [0.2, 0.25) is 0 Å². The van der Waals surface area contributed by atoms with Gasteiger partial charge in [0.1, 0.15) is 29.8 Å². The Balaban J connectivity index is 1.40. The molecule has 0 saturated heterocycles. The molecule has 8 heteroatoms. The maximum atomic E-state index is 12.5. The lowest BCUT2D eigenvalue weighted by molar-refractivity contribution is -0.114. The van der Waals surface area contributed by atoms with Gasteiger partial charge in [0, 0.05) is 0 Å². The van der Waals surface area contributed by atoms with Gasteiger partial charge in [-0.2, -0.15) is 15.1 Å². The second-order valence-electron chi connectivity index (χ2n) is 7.64. The Hall–Kier alpha value is -3.39. The van der Waals surface area contributed by atoms with E-state index in [-0.39, 0.29) is 11.4 Å². The molecule has 170 valence electrons. The van der Waals surface area contributed by atoms with Gasteiger partial charge in [0.05, 0.1) is 5.57 Å². The molecule has 0 unspecified atom stereocenters. The fourth-order valence-corrected chi connectivity index (χ4v) is 4.29. The molecule has 0 aliphatic carbocycles. The molecule has 0 fully saturated rings. The number of carbonyl (C=O) groups excluding carboxylic acids is 1. The number of hydrogen-bond acceptors (Lipinski definition) is 6. The number of ether oxygens (including phenoxy) is 2. The second-order valence-corrected chi connectivity index (χ2v) is 8.69. The number of nitrogens with one attached hydrogen (secondary N) is 1. The first kappa shape index (κ1) is 22.8. The largest absolute Gasteiger partial charge is 0.490 e. The maximum Gasteiger partial charge on any atom is 0.283 e. The lowest BCUT2D eigenvalue weighted by atomic mass is 10.1. The average Bonchev–Trinajstić information content (AvgIpc) is 3.23. The van der Waals surface area contributed by atoms with Crippen molar-refractivity contribution in [2.45, 2.75) is 33.6 Å². The number of aliphatic imine (C=N–C) groups is 1. The molecule has 7 nitrogen and oxygen atoms in total. The third-order valence-corrected chi connectivity index (χ3v) is 6.16.